The number of hydrogen-bond acceptors (Lipinski definition) is 3. The van der Waals surface area contributed by atoms with Crippen LogP contribution in [0.3, 0.4) is 0 Å². The molecule has 0 radical (unpaired) electrons. The van der Waals surface area contributed by atoms with Crippen molar-refractivity contribution in [2.24, 2.45) is 5.92 Å². The molecule has 0 bridgehead atoms. The Balaban J connectivity index is 1.31. The average molecular weight is 526 g/mol. The number of aryl methyl sites for hydroxylation is 1. The number of likely N-dealkylation sites (tertiary alicyclic amines) is 1. The summed E-state index contributed by atoms with van der Waals surface area (Å²) in [6.07, 6.45) is 5.12. The highest BCUT2D eigenvalue weighted by Crippen LogP contribution is 2.24. The first-order valence-corrected chi connectivity index (χ1v) is 12.9. The smallest absolute Gasteiger partial charge is 0.253 e. The fourth-order valence-corrected chi connectivity index (χ4v) is 5.40. The SMILES string of the molecule is Cc1ccccc1C(=O)N[C@@H]1CCCC[C@H]1NC(=O)C1CCN(C(=O)c2cccc(Br)c2)CC1. The minimum Gasteiger partial charge on any atom is -0.351 e. The third-order valence-electron chi connectivity index (χ3n) is 7.02. The summed E-state index contributed by atoms with van der Waals surface area (Å²) < 4.78 is 0.879. The van der Waals surface area contributed by atoms with E-state index in [1.54, 1.807) is 0 Å². The van der Waals surface area contributed by atoms with Crippen LogP contribution in [0.2, 0.25) is 0 Å². The summed E-state index contributed by atoms with van der Waals surface area (Å²) >= 11 is 3.42. The van der Waals surface area contributed by atoms with E-state index in [0.29, 0.717) is 37.1 Å². The topological polar surface area (TPSA) is 78.5 Å². The van der Waals surface area contributed by atoms with Crippen LogP contribution in [-0.2, 0) is 4.79 Å². The van der Waals surface area contributed by atoms with E-state index in [1.807, 2.05) is 60.4 Å². The molecule has 2 N–H and O–H groups in total. The maximum absolute atomic E-state index is 13.1. The van der Waals surface area contributed by atoms with Crippen molar-refractivity contribution in [3.63, 3.8) is 0 Å². The Bertz CT molecular complexity index is 1050. The monoisotopic (exact) mass is 525 g/mol. The van der Waals surface area contributed by atoms with Crippen molar-refractivity contribution in [2.45, 2.75) is 57.5 Å². The van der Waals surface area contributed by atoms with Crippen LogP contribution in [0.5, 0.6) is 0 Å². The van der Waals surface area contributed by atoms with Gasteiger partial charge in [-0.25, -0.2) is 0 Å². The number of nitrogens with zero attached hydrogens (tertiary/aromatic N) is 1. The molecular formula is C27H32BrN3O3. The molecule has 3 amide bonds. The molecule has 2 aliphatic rings. The molecule has 1 aliphatic heterocycles. The van der Waals surface area contributed by atoms with Gasteiger partial charge in [-0.15, -0.1) is 0 Å². The molecule has 4 rings (SSSR count). The van der Waals surface area contributed by atoms with Gasteiger partial charge in [0.1, 0.15) is 0 Å². The summed E-state index contributed by atoms with van der Waals surface area (Å²) in [7, 11) is 0. The van der Waals surface area contributed by atoms with Gasteiger partial charge in [0, 0.05) is 46.7 Å². The lowest BCUT2D eigenvalue weighted by Gasteiger charge is -2.36. The third-order valence-corrected chi connectivity index (χ3v) is 7.52. The number of carbonyl (C=O) groups excluding carboxylic acids is 3. The van der Waals surface area contributed by atoms with Gasteiger partial charge in [-0.3, -0.25) is 14.4 Å². The molecule has 2 aromatic rings. The number of hydrogen-bond donors (Lipinski definition) is 2. The predicted octanol–water partition coefficient (Wildman–Crippen LogP) is 4.47. The Morgan fingerprint density at radius 1 is 0.882 bits per heavy atom. The van der Waals surface area contributed by atoms with Crippen molar-refractivity contribution in [3.05, 3.63) is 69.7 Å². The van der Waals surface area contributed by atoms with Crippen molar-refractivity contribution in [3.8, 4) is 0 Å². The maximum Gasteiger partial charge on any atom is 0.253 e. The lowest BCUT2D eigenvalue weighted by atomic mass is 9.88. The summed E-state index contributed by atoms with van der Waals surface area (Å²) in [5.41, 5.74) is 2.29. The summed E-state index contributed by atoms with van der Waals surface area (Å²) in [6.45, 7) is 3.08. The zero-order valence-electron chi connectivity index (χ0n) is 19.6. The molecule has 180 valence electrons. The number of rotatable bonds is 5. The molecule has 7 heteroatoms. The van der Waals surface area contributed by atoms with Gasteiger partial charge in [0.25, 0.3) is 11.8 Å². The van der Waals surface area contributed by atoms with Crippen LogP contribution < -0.4 is 10.6 Å². The highest BCUT2D eigenvalue weighted by molar-refractivity contribution is 9.10. The highest BCUT2D eigenvalue weighted by atomic mass is 79.9. The van der Waals surface area contributed by atoms with E-state index in [-0.39, 0.29) is 35.7 Å². The van der Waals surface area contributed by atoms with Crippen LogP contribution in [-0.4, -0.2) is 47.8 Å². The largest absolute Gasteiger partial charge is 0.351 e. The van der Waals surface area contributed by atoms with Gasteiger partial charge >= 0.3 is 0 Å². The Kier molecular flexibility index (Phi) is 8.03. The minimum atomic E-state index is -0.110. The fourth-order valence-electron chi connectivity index (χ4n) is 5.00. The maximum atomic E-state index is 13.1. The summed E-state index contributed by atoms with van der Waals surface area (Å²) in [5.74, 6) is -0.146. The van der Waals surface area contributed by atoms with Gasteiger partial charge in [-0.1, -0.05) is 53.0 Å². The molecule has 2 atom stereocenters. The lowest BCUT2D eigenvalue weighted by molar-refractivity contribution is -0.127. The molecule has 1 saturated heterocycles. The molecule has 1 heterocycles. The van der Waals surface area contributed by atoms with Crippen molar-refractivity contribution in [1.29, 1.82) is 0 Å². The van der Waals surface area contributed by atoms with Crippen LogP contribution in [0.1, 0.15) is 64.8 Å². The molecule has 6 nitrogen and oxygen atoms in total. The molecule has 34 heavy (non-hydrogen) atoms. The van der Waals surface area contributed by atoms with Gasteiger partial charge < -0.3 is 15.5 Å². The van der Waals surface area contributed by atoms with Gasteiger partial charge in [-0.05, 0) is 62.4 Å². The normalized spacial score (nSPS) is 21.1. The molecule has 2 aromatic carbocycles. The summed E-state index contributed by atoms with van der Waals surface area (Å²) in [6, 6.07) is 14.8. The van der Waals surface area contributed by atoms with Crippen molar-refractivity contribution in [1.82, 2.24) is 15.5 Å². The zero-order valence-corrected chi connectivity index (χ0v) is 21.1. The third kappa shape index (κ3) is 5.87. The number of halogens is 1. The van der Waals surface area contributed by atoms with Crippen molar-refractivity contribution >= 4 is 33.7 Å². The van der Waals surface area contributed by atoms with Crippen LogP contribution >= 0.6 is 15.9 Å². The lowest BCUT2D eigenvalue weighted by Crippen LogP contribution is -2.55. The van der Waals surface area contributed by atoms with Crippen LogP contribution in [0.15, 0.2) is 53.0 Å². The molecule has 1 aliphatic carbocycles. The van der Waals surface area contributed by atoms with Crippen molar-refractivity contribution in [2.75, 3.05) is 13.1 Å². The second-order valence-corrected chi connectivity index (χ2v) is 10.3. The Morgan fingerprint density at radius 3 is 2.24 bits per heavy atom. The molecule has 2 fully saturated rings. The molecule has 0 aromatic heterocycles. The van der Waals surface area contributed by atoms with Crippen LogP contribution in [0.25, 0.3) is 0 Å². The van der Waals surface area contributed by atoms with E-state index in [2.05, 4.69) is 26.6 Å². The second kappa shape index (κ2) is 11.2. The van der Waals surface area contributed by atoms with Crippen LogP contribution in [0, 0.1) is 12.8 Å². The van der Waals surface area contributed by atoms with E-state index < -0.39 is 0 Å². The first kappa shape index (κ1) is 24.5. The predicted molar refractivity (Wildman–Crippen MR) is 136 cm³/mol. The van der Waals surface area contributed by atoms with Gasteiger partial charge in [0.05, 0.1) is 0 Å². The molecule has 0 unspecified atom stereocenters. The number of benzene rings is 2. The van der Waals surface area contributed by atoms with Crippen molar-refractivity contribution < 1.29 is 14.4 Å². The minimum absolute atomic E-state index is 0.00594. The van der Waals surface area contributed by atoms with E-state index in [9.17, 15) is 14.4 Å². The van der Waals surface area contributed by atoms with E-state index in [0.717, 1.165) is 35.7 Å². The molecule has 0 spiro atoms. The van der Waals surface area contributed by atoms with Crippen LogP contribution in [0.4, 0.5) is 0 Å². The summed E-state index contributed by atoms with van der Waals surface area (Å²) in [5, 5.41) is 6.40. The fraction of sp³-hybridized carbons (Fsp3) is 0.444. The first-order valence-electron chi connectivity index (χ1n) is 12.1. The Morgan fingerprint density at radius 2 is 1.56 bits per heavy atom. The number of carbonyl (C=O) groups is 3. The highest BCUT2D eigenvalue weighted by Gasteiger charge is 2.32. The van der Waals surface area contributed by atoms with E-state index >= 15 is 0 Å². The standard InChI is InChI=1S/C27H32BrN3O3/c1-18-7-2-3-10-22(18)26(33)30-24-12-5-4-11-23(24)29-25(32)19-13-15-31(16-14-19)27(34)20-8-6-9-21(28)17-20/h2-3,6-10,17,19,23-24H,4-5,11-16H2,1H3,(H,29,32)(H,30,33)/t23-,24-/m1/s1. The number of nitrogens with one attached hydrogen (secondary N) is 2. The second-order valence-electron chi connectivity index (χ2n) is 9.37. The summed E-state index contributed by atoms with van der Waals surface area (Å²) in [4.78, 5) is 40.5. The number of amides is 3. The quantitative estimate of drug-likeness (QED) is 0.604. The Labute approximate surface area is 209 Å². The van der Waals surface area contributed by atoms with Gasteiger partial charge in [0.2, 0.25) is 5.91 Å². The Hall–Kier alpha value is -2.67. The van der Waals surface area contributed by atoms with E-state index in [1.165, 1.54) is 0 Å². The van der Waals surface area contributed by atoms with Gasteiger partial charge in [-0.2, -0.15) is 0 Å². The van der Waals surface area contributed by atoms with Gasteiger partial charge in [0.15, 0.2) is 0 Å². The molecular weight excluding hydrogens is 494 g/mol. The van der Waals surface area contributed by atoms with E-state index in [4.69, 9.17) is 0 Å². The zero-order chi connectivity index (χ0) is 24.1. The molecule has 1 saturated carbocycles. The first-order chi connectivity index (χ1) is 16.4. The number of piperidine rings is 1. The average Bonchev–Trinajstić information content (AvgIpc) is 2.85.